The molecule has 1 aromatic carbocycles. The van der Waals surface area contributed by atoms with Crippen molar-refractivity contribution in [2.24, 2.45) is 4.99 Å². The van der Waals surface area contributed by atoms with Gasteiger partial charge in [-0.2, -0.15) is 0 Å². The summed E-state index contributed by atoms with van der Waals surface area (Å²) in [6.07, 6.45) is 0.988. The summed E-state index contributed by atoms with van der Waals surface area (Å²) in [5, 5.41) is 2.56. The van der Waals surface area contributed by atoms with Gasteiger partial charge in [0.15, 0.2) is 5.17 Å². The fourth-order valence-electron chi connectivity index (χ4n) is 2.35. The SMILES string of the molecule is Clc1ccccc1CC1CN=C(N2CCOCC2)S1. The normalized spacial score (nSPS) is 23.5. The summed E-state index contributed by atoms with van der Waals surface area (Å²) in [5.74, 6) is 0. The Balaban J connectivity index is 1.57. The lowest BCUT2D eigenvalue weighted by Gasteiger charge is -2.28. The Bertz CT molecular complexity index is 474. The molecule has 19 heavy (non-hydrogen) atoms. The third kappa shape index (κ3) is 3.25. The van der Waals surface area contributed by atoms with E-state index in [1.165, 1.54) is 10.7 Å². The van der Waals surface area contributed by atoms with Gasteiger partial charge in [0.05, 0.1) is 19.8 Å². The molecular weight excluding hydrogens is 280 g/mol. The fraction of sp³-hybridized carbons (Fsp3) is 0.500. The number of thioether (sulfide) groups is 1. The second kappa shape index (κ2) is 6.16. The van der Waals surface area contributed by atoms with Gasteiger partial charge in [0.2, 0.25) is 0 Å². The number of halogens is 1. The number of rotatable bonds is 2. The topological polar surface area (TPSA) is 24.8 Å². The van der Waals surface area contributed by atoms with Crippen molar-refractivity contribution in [1.29, 1.82) is 0 Å². The quantitative estimate of drug-likeness (QED) is 0.839. The maximum atomic E-state index is 6.21. The van der Waals surface area contributed by atoms with Crippen LogP contribution in [0.2, 0.25) is 5.02 Å². The molecule has 1 unspecified atom stereocenters. The molecule has 2 aliphatic heterocycles. The maximum Gasteiger partial charge on any atom is 0.159 e. The first-order valence-corrected chi connectivity index (χ1v) is 7.86. The van der Waals surface area contributed by atoms with Gasteiger partial charge < -0.3 is 9.64 Å². The molecule has 0 bridgehead atoms. The fourth-order valence-corrected chi connectivity index (χ4v) is 3.75. The van der Waals surface area contributed by atoms with Crippen molar-refractivity contribution < 1.29 is 4.74 Å². The van der Waals surface area contributed by atoms with Gasteiger partial charge in [-0.15, -0.1) is 0 Å². The number of benzene rings is 1. The molecule has 0 radical (unpaired) electrons. The Morgan fingerprint density at radius 1 is 1.32 bits per heavy atom. The lowest BCUT2D eigenvalue weighted by molar-refractivity contribution is 0.0693. The first-order chi connectivity index (χ1) is 9.33. The first kappa shape index (κ1) is 13.3. The Hall–Kier alpha value is -0.710. The van der Waals surface area contributed by atoms with Crippen molar-refractivity contribution in [2.75, 3.05) is 32.8 Å². The number of aliphatic imine (C=N–C) groups is 1. The molecule has 102 valence electrons. The summed E-state index contributed by atoms with van der Waals surface area (Å²) < 4.78 is 5.37. The van der Waals surface area contributed by atoms with E-state index in [9.17, 15) is 0 Å². The molecule has 0 saturated carbocycles. The van der Waals surface area contributed by atoms with Gasteiger partial charge in [0.1, 0.15) is 0 Å². The Morgan fingerprint density at radius 2 is 2.11 bits per heavy atom. The standard InChI is InChI=1S/C14H17ClN2OS/c15-13-4-2-1-3-11(13)9-12-10-16-14(19-12)17-5-7-18-8-6-17/h1-4,12H,5-10H2. The summed E-state index contributed by atoms with van der Waals surface area (Å²) >= 11 is 8.10. The minimum atomic E-state index is 0.512. The van der Waals surface area contributed by atoms with Gasteiger partial charge in [-0.3, -0.25) is 4.99 Å². The van der Waals surface area contributed by atoms with E-state index in [0.717, 1.165) is 44.3 Å². The van der Waals surface area contributed by atoms with Crippen LogP contribution in [0.5, 0.6) is 0 Å². The number of hydrogen-bond donors (Lipinski definition) is 0. The van der Waals surface area contributed by atoms with Crippen molar-refractivity contribution in [3.05, 3.63) is 34.9 Å². The van der Waals surface area contributed by atoms with E-state index in [1.807, 2.05) is 30.0 Å². The molecule has 1 aromatic rings. The lowest BCUT2D eigenvalue weighted by Crippen LogP contribution is -2.39. The predicted molar refractivity (Wildman–Crippen MR) is 81.2 cm³/mol. The van der Waals surface area contributed by atoms with Crippen LogP contribution in [0, 0.1) is 0 Å². The summed E-state index contributed by atoms with van der Waals surface area (Å²) in [5.41, 5.74) is 1.22. The molecule has 0 spiro atoms. The van der Waals surface area contributed by atoms with Crippen LogP contribution in [0.3, 0.4) is 0 Å². The molecule has 0 N–H and O–H groups in total. The summed E-state index contributed by atoms with van der Waals surface area (Å²) in [6.45, 7) is 4.45. The largest absolute Gasteiger partial charge is 0.378 e. The van der Waals surface area contributed by atoms with E-state index in [2.05, 4.69) is 16.0 Å². The molecular formula is C14H17ClN2OS. The molecule has 1 saturated heterocycles. The molecule has 2 heterocycles. The summed E-state index contributed by atoms with van der Waals surface area (Å²) in [4.78, 5) is 7.01. The van der Waals surface area contributed by atoms with E-state index in [0.29, 0.717) is 5.25 Å². The second-order valence-electron chi connectivity index (χ2n) is 4.76. The number of nitrogens with zero attached hydrogens (tertiary/aromatic N) is 2. The van der Waals surface area contributed by atoms with Crippen LogP contribution in [0.25, 0.3) is 0 Å². The van der Waals surface area contributed by atoms with Gasteiger partial charge in [0, 0.05) is 23.4 Å². The highest BCUT2D eigenvalue weighted by atomic mass is 35.5. The van der Waals surface area contributed by atoms with Gasteiger partial charge in [-0.1, -0.05) is 41.6 Å². The monoisotopic (exact) mass is 296 g/mol. The van der Waals surface area contributed by atoms with Crippen molar-refractivity contribution in [3.8, 4) is 0 Å². The molecule has 3 nitrogen and oxygen atoms in total. The molecule has 0 aromatic heterocycles. The van der Waals surface area contributed by atoms with Crippen LogP contribution in [-0.2, 0) is 11.2 Å². The van der Waals surface area contributed by atoms with E-state index >= 15 is 0 Å². The van der Waals surface area contributed by atoms with Crippen LogP contribution in [0.1, 0.15) is 5.56 Å². The van der Waals surface area contributed by atoms with Crippen molar-refractivity contribution >= 4 is 28.5 Å². The summed E-state index contributed by atoms with van der Waals surface area (Å²) in [6, 6.07) is 8.09. The second-order valence-corrected chi connectivity index (χ2v) is 6.43. The van der Waals surface area contributed by atoms with E-state index < -0.39 is 0 Å². The van der Waals surface area contributed by atoms with Crippen LogP contribution >= 0.6 is 23.4 Å². The van der Waals surface area contributed by atoms with Crippen LogP contribution in [0.15, 0.2) is 29.3 Å². The smallest absolute Gasteiger partial charge is 0.159 e. The molecule has 0 amide bonds. The van der Waals surface area contributed by atoms with Gasteiger partial charge >= 0.3 is 0 Å². The van der Waals surface area contributed by atoms with Crippen LogP contribution in [-0.4, -0.2) is 48.2 Å². The van der Waals surface area contributed by atoms with Gasteiger partial charge in [-0.25, -0.2) is 0 Å². The average molecular weight is 297 g/mol. The van der Waals surface area contributed by atoms with E-state index in [4.69, 9.17) is 16.3 Å². The number of amidine groups is 1. The highest BCUT2D eigenvalue weighted by Gasteiger charge is 2.25. The molecule has 2 aliphatic rings. The van der Waals surface area contributed by atoms with E-state index in [1.54, 1.807) is 0 Å². The zero-order chi connectivity index (χ0) is 13.1. The van der Waals surface area contributed by atoms with Crippen LogP contribution in [0.4, 0.5) is 0 Å². The molecule has 3 rings (SSSR count). The first-order valence-electron chi connectivity index (χ1n) is 6.60. The highest BCUT2D eigenvalue weighted by Crippen LogP contribution is 2.28. The third-order valence-electron chi connectivity index (χ3n) is 3.39. The number of morpholine rings is 1. The van der Waals surface area contributed by atoms with Crippen molar-refractivity contribution in [3.63, 3.8) is 0 Å². The van der Waals surface area contributed by atoms with Gasteiger partial charge in [-0.05, 0) is 18.1 Å². The lowest BCUT2D eigenvalue weighted by atomic mass is 10.1. The Kier molecular flexibility index (Phi) is 4.31. The van der Waals surface area contributed by atoms with E-state index in [-0.39, 0.29) is 0 Å². The molecule has 1 atom stereocenters. The average Bonchev–Trinajstić information content (AvgIpc) is 2.91. The van der Waals surface area contributed by atoms with Crippen LogP contribution < -0.4 is 0 Å². The predicted octanol–water partition coefficient (Wildman–Crippen LogP) is 2.69. The molecule has 1 fully saturated rings. The van der Waals surface area contributed by atoms with Gasteiger partial charge in [0.25, 0.3) is 0 Å². The summed E-state index contributed by atoms with van der Waals surface area (Å²) in [7, 11) is 0. The molecule has 5 heteroatoms. The minimum Gasteiger partial charge on any atom is -0.378 e. The van der Waals surface area contributed by atoms with Crippen molar-refractivity contribution in [1.82, 2.24) is 4.90 Å². The third-order valence-corrected chi connectivity index (χ3v) is 5.01. The highest BCUT2D eigenvalue weighted by molar-refractivity contribution is 8.14. The minimum absolute atomic E-state index is 0.512. The zero-order valence-corrected chi connectivity index (χ0v) is 12.3. The Morgan fingerprint density at radius 3 is 2.89 bits per heavy atom. The maximum absolute atomic E-state index is 6.21. The zero-order valence-electron chi connectivity index (χ0n) is 10.7. The van der Waals surface area contributed by atoms with Crippen molar-refractivity contribution in [2.45, 2.75) is 11.7 Å². The Labute approximate surface area is 123 Å². The number of ether oxygens (including phenoxy) is 1. The number of hydrogen-bond acceptors (Lipinski definition) is 4. The molecule has 0 aliphatic carbocycles.